The first-order valence-electron chi connectivity index (χ1n) is 5.73. The molecule has 3 N–H and O–H groups in total. The summed E-state index contributed by atoms with van der Waals surface area (Å²) < 4.78 is 0. The highest BCUT2D eigenvalue weighted by Crippen LogP contribution is 2.17. The van der Waals surface area contributed by atoms with Gasteiger partial charge < -0.3 is 11.1 Å². The second kappa shape index (κ2) is 6.03. The Kier molecular flexibility index (Phi) is 4.97. The van der Waals surface area contributed by atoms with Gasteiger partial charge in [0, 0.05) is 5.02 Å². The number of rotatable bonds is 4. The first kappa shape index (κ1) is 14.0. The van der Waals surface area contributed by atoms with Crippen molar-refractivity contribution in [3.8, 4) is 0 Å². The Hall–Kier alpha value is -1.06. The smallest absolute Gasteiger partial charge is 0.237 e. The van der Waals surface area contributed by atoms with Crippen molar-refractivity contribution in [2.45, 2.75) is 32.9 Å². The molecule has 3 nitrogen and oxygen atoms in total. The van der Waals surface area contributed by atoms with E-state index in [9.17, 15) is 4.79 Å². The zero-order chi connectivity index (χ0) is 13.0. The first-order valence-corrected chi connectivity index (χ1v) is 6.11. The molecule has 0 radical (unpaired) electrons. The molecular weight excluding hydrogens is 236 g/mol. The van der Waals surface area contributed by atoms with Crippen molar-refractivity contribution in [2.75, 3.05) is 0 Å². The van der Waals surface area contributed by atoms with Gasteiger partial charge in [-0.05, 0) is 30.5 Å². The third kappa shape index (κ3) is 4.02. The maximum Gasteiger partial charge on any atom is 0.237 e. The number of benzene rings is 1. The highest BCUT2D eigenvalue weighted by Gasteiger charge is 2.19. The fraction of sp³-hybridized carbons (Fsp3) is 0.462. The van der Waals surface area contributed by atoms with E-state index in [1.807, 2.05) is 39.0 Å². The molecular formula is C13H19ClN2O. The Morgan fingerprint density at radius 1 is 1.35 bits per heavy atom. The molecule has 0 aliphatic rings. The Balaban J connectivity index is 2.66. The topological polar surface area (TPSA) is 55.1 Å². The van der Waals surface area contributed by atoms with Gasteiger partial charge in [-0.15, -0.1) is 0 Å². The van der Waals surface area contributed by atoms with Crippen LogP contribution >= 0.6 is 11.6 Å². The molecule has 2 atom stereocenters. The predicted molar refractivity (Wildman–Crippen MR) is 70.8 cm³/mol. The summed E-state index contributed by atoms with van der Waals surface area (Å²) in [5.41, 5.74) is 6.75. The van der Waals surface area contributed by atoms with Crippen LogP contribution in [0.4, 0.5) is 0 Å². The highest BCUT2D eigenvalue weighted by molar-refractivity contribution is 6.30. The molecule has 1 aromatic rings. The quantitative estimate of drug-likeness (QED) is 0.868. The monoisotopic (exact) mass is 254 g/mol. The van der Waals surface area contributed by atoms with E-state index < -0.39 is 6.04 Å². The fourth-order valence-electron chi connectivity index (χ4n) is 1.47. The molecule has 1 unspecified atom stereocenters. The van der Waals surface area contributed by atoms with Crippen LogP contribution in [0.2, 0.25) is 5.02 Å². The van der Waals surface area contributed by atoms with Gasteiger partial charge in [-0.25, -0.2) is 0 Å². The van der Waals surface area contributed by atoms with Gasteiger partial charge in [0.2, 0.25) is 5.91 Å². The molecule has 1 amide bonds. The van der Waals surface area contributed by atoms with E-state index in [1.54, 1.807) is 6.07 Å². The van der Waals surface area contributed by atoms with Crippen molar-refractivity contribution in [2.24, 2.45) is 11.7 Å². The number of hydrogen-bond acceptors (Lipinski definition) is 2. The number of amides is 1. The summed E-state index contributed by atoms with van der Waals surface area (Å²) in [7, 11) is 0. The van der Waals surface area contributed by atoms with Crippen molar-refractivity contribution in [3.63, 3.8) is 0 Å². The molecule has 0 saturated carbocycles. The van der Waals surface area contributed by atoms with Gasteiger partial charge in [0.15, 0.2) is 0 Å². The van der Waals surface area contributed by atoms with Crippen LogP contribution in [0.25, 0.3) is 0 Å². The summed E-state index contributed by atoms with van der Waals surface area (Å²) in [6, 6.07) is 6.87. The van der Waals surface area contributed by atoms with Gasteiger partial charge in [-0.2, -0.15) is 0 Å². The number of nitrogens with two attached hydrogens (primary N) is 1. The molecule has 0 aromatic heterocycles. The lowest BCUT2D eigenvalue weighted by Gasteiger charge is -2.20. The Bertz CT molecular complexity index is 393. The van der Waals surface area contributed by atoms with E-state index in [0.29, 0.717) is 5.02 Å². The largest absolute Gasteiger partial charge is 0.348 e. The van der Waals surface area contributed by atoms with Crippen molar-refractivity contribution < 1.29 is 4.79 Å². The standard InChI is InChI=1S/C13H19ClN2O/c1-8(2)12(15)13(17)16-9(3)10-5-4-6-11(14)7-10/h4-9,12H,15H2,1-3H3,(H,16,17)/t9?,12-/m1/s1. The molecule has 1 aromatic carbocycles. The minimum absolute atomic E-state index is 0.0917. The van der Waals surface area contributed by atoms with Gasteiger partial charge >= 0.3 is 0 Å². The van der Waals surface area contributed by atoms with E-state index in [0.717, 1.165) is 5.56 Å². The lowest BCUT2D eigenvalue weighted by atomic mass is 10.0. The van der Waals surface area contributed by atoms with Gasteiger partial charge in [-0.3, -0.25) is 4.79 Å². The van der Waals surface area contributed by atoms with Crippen molar-refractivity contribution in [1.29, 1.82) is 0 Å². The lowest BCUT2D eigenvalue weighted by Crippen LogP contribution is -2.44. The average molecular weight is 255 g/mol. The Labute approximate surface area is 107 Å². The maximum absolute atomic E-state index is 11.8. The molecule has 0 fully saturated rings. The number of halogens is 1. The summed E-state index contributed by atoms with van der Waals surface area (Å²) in [4.78, 5) is 11.8. The van der Waals surface area contributed by atoms with Crippen molar-refractivity contribution in [3.05, 3.63) is 34.9 Å². The molecule has 0 bridgehead atoms. The molecule has 0 spiro atoms. The van der Waals surface area contributed by atoms with Crippen LogP contribution in [0.15, 0.2) is 24.3 Å². The number of nitrogens with one attached hydrogen (secondary N) is 1. The average Bonchev–Trinajstić information content (AvgIpc) is 2.27. The number of carbonyl (C=O) groups excluding carboxylic acids is 1. The predicted octanol–water partition coefficient (Wildman–Crippen LogP) is 2.50. The van der Waals surface area contributed by atoms with E-state index in [4.69, 9.17) is 17.3 Å². The number of hydrogen-bond donors (Lipinski definition) is 2. The molecule has 94 valence electrons. The van der Waals surface area contributed by atoms with Gasteiger partial charge in [-0.1, -0.05) is 37.6 Å². The molecule has 1 rings (SSSR count). The fourth-order valence-corrected chi connectivity index (χ4v) is 1.67. The second-order valence-electron chi connectivity index (χ2n) is 4.56. The molecule has 17 heavy (non-hydrogen) atoms. The van der Waals surface area contributed by atoms with Crippen LogP contribution in [0.1, 0.15) is 32.4 Å². The molecule has 0 saturated heterocycles. The Morgan fingerprint density at radius 3 is 2.53 bits per heavy atom. The minimum Gasteiger partial charge on any atom is -0.348 e. The summed E-state index contributed by atoms with van der Waals surface area (Å²) in [6.45, 7) is 5.76. The molecule has 4 heteroatoms. The van der Waals surface area contributed by atoms with Gasteiger partial charge in [0.1, 0.15) is 0 Å². The summed E-state index contributed by atoms with van der Waals surface area (Å²) in [5.74, 6) is -0.00552. The first-order chi connectivity index (χ1) is 7.91. The number of carbonyl (C=O) groups is 1. The van der Waals surface area contributed by atoms with Crippen LogP contribution in [-0.2, 0) is 4.79 Å². The summed E-state index contributed by atoms with van der Waals surface area (Å²) >= 11 is 5.90. The zero-order valence-electron chi connectivity index (χ0n) is 10.4. The molecule has 0 aliphatic heterocycles. The van der Waals surface area contributed by atoms with Crippen LogP contribution in [0.3, 0.4) is 0 Å². The van der Waals surface area contributed by atoms with E-state index in [2.05, 4.69) is 5.32 Å². The normalized spacial score (nSPS) is 14.5. The lowest BCUT2D eigenvalue weighted by molar-refractivity contribution is -0.123. The second-order valence-corrected chi connectivity index (χ2v) is 4.99. The highest BCUT2D eigenvalue weighted by atomic mass is 35.5. The minimum atomic E-state index is -0.475. The zero-order valence-corrected chi connectivity index (χ0v) is 11.2. The van der Waals surface area contributed by atoms with Crippen LogP contribution < -0.4 is 11.1 Å². The van der Waals surface area contributed by atoms with Crippen LogP contribution in [0.5, 0.6) is 0 Å². The molecule has 0 heterocycles. The summed E-state index contributed by atoms with van der Waals surface area (Å²) in [6.07, 6.45) is 0. The third-order valence-electron chi connectivity index (χ3n) is 2.73. The van der Waals surface area contributed by atoms with E-state index >= 15 is 0 Å². The maximum atomic E-state index is 11.8. The third-order valence-corrected chi connectivity index (χ3v) is 2.96. The van der Waals surface area contributed by atoms with Crippen molar-refractivity contribution >= 4 is 17.5 Å². The van der Waals surface area contributed by atoms with Crippen molar-refractivity contribution in [1.82, 2.24) is 5.32 Å². The van der Waals surface area contributed by atoms with E-state index in [-0.39, 0.29) is 17.9 Å². The van der Waals surface area contributed by atoms with Gasteiger partial charge in [0.05, 0.1) is 12.1 Å². The molecule has 0 aliphatic carbocycles. The SMILES string of the molecule is CC(NC(=O)[C@H](N)C(C)C)c1cccc(Cl)c1. The van der Waals surface area contributed by atoms with Crippen LogP contribution in [0, 0.1) is 5.92 Å². The van der Waals surface area contributed by atoms with E-state index in [1.165, 1.54) is 0 Å². The Morgan fingerprint density at radius 2 is 2.00 bits per heavy atom. The van der Waals surface area contributed by atoms with Gasteiger partial charge in [0.25, 0.3) is 0 Å². The van der Waals surface area contributed by atoms with Crippen LogP contribution in [-0.4, -0.2) is 11.9 Å². The summed E-state index contributed by atoms with van der Waals surface area (Å²) in [5, 5.41) is 3.55.